The van der Waals surface area contributed by atoms with Crippen LogP contribution < -0.4 is 5.32 Å². The molecule has 0 spiro atoms. The van der Waals surface area contributed by atoms with Gasteiger partial charge in [0.15, 0.2) is 11.6 Å². The lowest BCUT2D eigenvalue weighted by Crippen LogP contribution is -2.37. The Balaban J connectivity index is 2.10. The summed E-state index contributed by atoms with van der Waals surface area (Å²) in [4.78, 5) is 13.2. The fourth-order valence-electron chi connectivity index (χ4n) is 3.65. The van der Waals surface area contributed by atoms with Crippen LogP contribution in [0.15, 0.2) is 54.6 Å². The molecular weight excluding hydrogens is 352 g/mol. The molecule has 27 heavy (non-hydrogen) atoms. The van der Waals surface area contributed by atoms with Gasteiger partial charge in [-0.05, 0) is 47.9 Å². The summed E-state index contributed by atoms with van der Waals surface area (Å²) in [5.41, 5.74) is 0.115. The van der Waals surface area contributed by atoms with Crippen molar-refractivity contribution >= 4 is 11.6 Å². The first-order valence-electron chi connectivity index (χ1n) is 8.25. The number of nitrogens with one attached hydrogen (secondary N) is 1. The maximum absolute atomic E-state index is 14.4. The number of fused-ring (bicyclic) bond motifs is 1. The topological polar surface area (TPSA) is 69.6 Å². The SMILES string of the molecule is Cc1cc(C2(c3ccc(O)cc3)C(=O)Nc3c2ccc(F)c3F)ccc1O. The Bertz CT molecular complexity index is 1080. The van der Waals surface area contributed by atoms with E-state index in [0.29, 0.717) is 16.7 Å². The minimum Gasteiger partial charge on any atom is -0.508 e. The van der Waals surface area contributed by atoms with Crippen LogP contribution in [-0.2, 0) is 10.2 Å². The number of aromatic hydroxyl groups is 2. The molecule has 1 heterocycles. The molecule has 0 saturated heterocycles. The third-order valence-corrected chi connectivity index (χ3v) is 5.01. The lowest BCUT2D eigenvalue weighted by molar-refractivity contribution is -0.118. The van der Waals surface area contributed by atoms with Crippen LogP contribution in [0.3, 0.4) is 0 Å². The van der Waals surface area contributed by atoms with E-state index in [9.17, 15) is 23.8 Å². The van der Waals surface area contributed by atoms with E-state index in [1.54, 1.807) is 31.2 Å². The Morgan fingerprint density at radius 3 is 2.26 bits per heavy atom. The van der Waals surface area contributed by atoms with Gasteiger partial charge in [0.05, 0.1) is 5.69 Å². The minimum atomic E-state index is -1.45. The zero-order valence-electron chi connectivity index (χ0n) is 14.3. The minimum absolute atomic E-state index is 0.0136. The van der Waals surface area contributed by atoms with E-state index in [1.807, 2.05) is 0 Å². The van der Waals surface area contributed by atoms with Gasteiger partial charge in [-0.25, -0.2) is 8.78 Å². The van der Waals surface area contributed by atoms with Crippen LogP contribution in [0, 0.1) is 18.6 Å². The number of hydrogen-bond donors (Lipinski definition) is 3. The zero-order chi connectivity index (χ0) is 19.3. The lowest BCUT2D eigenvalue weighted by atomic mass is 9.70. The maximum atomic E-state index is 14.4. The van der Waals surface area contributed by atoms with Gasteiger partial charge in [-0.1, -0.05) is 30.3 Å². The normalized spacial score (nSPS) is 18.3. The Hall–Kier alpha value is -3.41. The highest BCUT2D eigenvalue weighted by Gasteiger charge is 2.51. The molecule has 1 aliphatic rings. The zero-order valence-corrected chi connectivity index (χ0v) is 14.3. The van der Waals surface area contributed by atoms with Gasteiger partial charge in [-0.15, -0.1) is 0 Å². The summed E-state index contributed by atoms with van der Waals surface area (Å²) >= 11 is 0. The first kappa shape index (κ1) is 17.0. The van der Waals surface area contributed by atoms with Crippen molar-refractivity contribution in [2.75, 3.05) is 5.32 Å². The molecule has 3 aromatic carbocycles. The van der Waals surface area contributed by atoms with Crippen molar-refractivity contribution < 1.29 is 23.8 Å². The largest absolute Gasteiger partial charge is 0.508 e. The van der Waals surface area contributed by atoms with E-state index < -0.39 is 23.0 Å². The maximum Gasteiger partial charge on any atom is 0.244 e. The second kappa shape index (κ2) is 5.81. The molecule has 1 amide bonds. The summed E-state index contributed by atoms with van der Waals surface area (Å²) in [5, 5.41) is 22.0. The quantitative estimate of drug-likeness (QED) is 0.642. The smallest absolute Gasteiger partial charge is 0.244 e. The second-order valence-corrected chi connectivity index (χ2v) is 6.54. The summed E-state index contributed by atoms with van der Waals surface area (Å²) in [5.74, 6) is -2.66. The van der Waals surface area contributed by atoms with Crippen LogP contribution in [0.1, 0.15) is 22.3 Å². The molecule has 4 rings (SSSR count). The molecule has 1 aliphatic heterocycles. The van der Waals surface area contributed by atoms with Gasteiger partial charge in [0.2, 0.25) is 5.91 Å². The molecule has 0 fully saturated rings. The van der Waals surface area contributed by atoms with Gasteiger partial charge in [-0.2, -0.15) is 0 Å². The molecular formula is C21H15F2NO3. The monoisotopic (exact) mass is 367 g/mol. The third-order valence-electron chi connectivity index (χ3n) is 5.01. The number of carbonyl (C=O) groups is 1. The van der Waals surface area contributed by atoms with Crippen LogP contribution in [0.2, 0.25) is 0 Å². The number of anilines is 1. The highest BCUT2D eigenvalue weighted by atomic mass is 19.2. The van der Waals surface area contributed by atoms with E-state index in [2.05, 4.69) is 5.32 Å². The standard InChI is InChI=1S/C21H15F2NO3/c1-11-10-13(4-9-17(11)26)21(12-2-5-14(25)6-3-12)15-7-8-16(22)18(23)19(15)24-20(21)27/h2-10,25-26H,1H3,(H,24,27). The number of phenolic OH excluding ortho intramolecular Hbond substituents is 2. The Kier molecular flexibility index (Phi) is 3.66. The molecule has 0 saturated carbocycles. The molecule has 0 aromatic heterocycles. The average molecular weight is 367 g/mol. The number of hydrogen-bond acceptors (Lipinski definition) is 3. The molecule has 1 unspecified atom stereocenters. The molecule has 3 aromatic rings. The summed E-state index contributed by atoms with van der Waals surface area (Å²) in [6.07, 6.45) is 0. The van der Waals surface area contributed by atoms with Crippen LogP contribution in [0.4, 0.5) is 14.5 Å². The van der Waals surface area contributed by atoms with E-state index in [-0.39, 0.29) is 22.7 Å². The summed E-state index contributed by atoms with van der Waals surface area (Å²) in [6, 6.07) is 13.0. The van der Waals surface area contributed by atoms with E-state index in [4.69, 9.17) is 0 Å². The number of benzene rings is 3. The predicted molar refractivity (Wildman–Crippen MR) is 95.8 cm³/mol. The van der Waals surface area contributed by atoms with Crippen molar-refractivity contribution in [3.05, 3.63) is 88.5 Å². The number of amides is 1. The molecule has 6 heteroatoms. The molecule has 136 valence electrons. The van der Waals surface area contributed by atoms with E-state index in [1.165, 1.54) is 24.3 Å². The first-order chi connectivity index (χ1) is 12.9. The highest BCUT2D eigenvalue weighted by molar-refractivity contribution is 6.11. The van der Waals surface area contributed by atoms with Crippen LogP contribution in [0.25, 0.3) is 0 Å². The van der Waals surface area contributed by atoms with Gasteiger partial charge >= 0.3 is 0 Å². The van der Waals surface area contributed by atoms with Crippen molar-refractivity contribution in [2.24, 2.45) is 0 Å². The van der Waals surface area contributed by atoms with Crippen molar-refractivity contribution in [1.29, 1.82) is 0 Å². The van der Waals surface area contributed by atoms with Crippen LogP contribution in [-0.4, -0.2) is 16.1 Å². The first-order valence-corrected chi connectivity index (χ1v) is 8.25. The number of rotatable bonds is 2. The van der Waals surface area contributed by atoms with Crippen molar-refractivity contribution in [1.82, 2.24) is 0 Å². The summed E-state index contributed by atoms with van der Waals surface area (Å²) in [7, 11) is 0. The molecule has 0 bridgehead atoms. The summed E-state index contributed by atoms with van der Waals surface area (Å²) in [6.45, 7) is 1.68. The molecule has 0 radical (unpaired) electrons. The van der Waals surface area contributed by atoms with Gasteiger partial charge in [0.1, 0.15) is 16.9 Å². The number of carbonyl (C=O) groups excluding carboxylic acids is 1. The Morgan fingerprint density at radius 2 is 1.59 bits per heavy atom. The number of phenols is 2. The van der Waals surface area contributed by atoms with Crippen molar-refractivity contribution in [2.45, 2.75) is 12.3 Å². The number of aryl methyl sites for hydroxylation is 1. The van der Waals surface area contributed by atoms with Crippen LogP contribution in [0.5, 0.6) is 11.5 Å². The van der Waals surface area contributed by atoms with Gasteiger partial charge in [0.25, 0.3) is 0 Å². The number of halogens is 2. The fraction of sp³-hybridized carbons (Fsp3) is 0.0952. The third kappa shape index (κ3) is 2.30. The highest BCUT2D eigenvalue weighted by Crippen LogP contribution is 2.49. The van der Waals surface area contributed by atoms with Gasteiger partial charge in [0, 0.05) is 5.56 Å². The molecule has 4 nitrogen and oxygen atoms in total. The van der Waals surface area contributed by atoms with E-state index in [0.717, 1.165) is 6.07 Å². The average Bonchev–Trinajstić information content (AvgIpc) is 2.95. The van der Waals surface area contributed by atoms with Crippen molar-refractivity contribution in [3.63, 3.8) is 0 Å². The molecule has 0 aliphatic carbocycles. The van der Waals surface area contributed by atoms with Gasteiger partial charge in [-0.3, -0.25) is 4.79 Å². The van der Waals surface area contributed by atoms with Crippen LogP contribution >= 0.6 is 0 Å². The predicted octanol–water partition coefficient (Wildman–Crippen LogP) is 3.97. The molecule has 1 atom stereocenters. The van der Waals surface area contributed by atoms with Gasteiger partial charge < -0.3 is 15.5 Å². The van der Waals surface area contributed by atoms with E-state index >= 15 is 0 Å². The second-order valence-electron chi connectivity index (χ2n) is 6.54. The Morgan fingerprint density at radius 1 is 0.926 bits per heavy atom. The fourth-order valence-corrected chi connectivity index (χ4v) is 3.65. The molecule has 3 N–H and O–H groups in total. The van der Waals surface area contributed by atoms with Crippen molar-refractivity contribution in [3.8, 4) is 11.5 Å². The lowest BCUT2D eigenvalue weighted by Gasteiger charge is -2.29. The Labute approximate surface area is 153 Å². The summed E-state index contributed by atoms with van der Waals surface area (Å²) < 4.78 is 28.1.